The van der Waals surface area contributed by atoms with Crippen molar-refractivity contribution in [1.82, 2.24) is 4.90 Å². The molecule has 2 rings (SSSR count). The molecule has 1 saturated carbocycles. The van der Waals surface area contributed by atoms with Gasteiger partial charge in [0, 0.05) is 19.3 Å². The lowest BCUT2D eigenvalue weighted by atomic mass is 9.96. The summed E-state index contributed by atoms with van der Waals surface area (Å²) >= 11 is 0. The van der Waals surface area contributed by atoms with E-state index in [1.165, 1.54) is 0 Å². The number of sulfone groups is 1. The quantitative estimate of drug-likeness (QED) is 0.722. The van der Waals surface area contributed by atoms with Crippen LogP contribution in [0.15, 0.2) is 0 Å². The third-order valence-corrected chi connectivity index (χ3v) is 6.84. The van der Waals surface area contributed by atoms with E-state index in [2.05, 4.69) is 0 Å². The number of esters is 1. The van der Waals surface area contributed by atoms with Gasteiger partial charge in [-0.1, -0.05) is 12.8 Å². The van der Waals surface area contributed by atoms with Crippen molar-refractivity contribution >= 4 is 21.7 Å². The van der Waals surface area contributed by atoms with E-state index in [4.69, 9.17) is 4.74 Å². The lowest BCUT2D eigenvalue weighted by Gasteiger charge is -2.37. The second-order valence-corrected chi connectivity index (χ2v) is 8.64. The first kappa shape index (κ1) is 17.2. The summed E-state index contributed by atoms with van der Waals surface area (Å²) in [5.41, 5.74) is 0. The van der Waals surface area contributed by atoms with Crippen molar-refractivity contribution in [3.05, 3.63) is 0 Å². The second kappa shape index (κ2) is 6.56. The fourth-order valence-electron chi connectivity index (χ4n) is 3.59. The normalized spacial score (nSPS) is 25.0. The molecule has 0 bridgehead atoms. The molecule has 0 aromatic heterocycles. The molecule has 0 unspecified atom stereocenters. The number of carbonyl (C=O) groups is 2. The summed E-state index contributed by atoms with van der Waals surface area (Å²) in [6, 6.07) is 0. The van der Waals surface area contributed by atoms with Gasteiger partial charge in [-0.3, -0.25) is 9.59 Å². The molecule has 0 aromatic carbocycles. The van der Waals surface area contributed by atoms with E-state index in [1.54, 1.807) is 11.8 Å². The highest BCUT2D eigenvalue weighted by Crippen LogP contribution is 2.39. The number of ether oxygens (including phenoxy) is 1. The Morgan fingerprint density at radius 1 is 1.23 bits per heavy atom. The number of hydrogen-bond donors (Lipinski definition) is 0. The molecule has 1 aliphatic heterocycles. The van der Waals surface area contributed by atoms with Gasteiger partial charge < -0.3 is 9.64 Å². The van der Waals surface area contributed by atoms with E-state index in [1.807, 2.05) is 0 Å². The van der Waals surface area contributed by atoms with E-state index in [0.717, 1.165) is 19.1 Å². The van der Waals surface area contributed by atoms with Crippen LogP contribution in [0.1, 0.15) is 45.4 Å². The first-order chi connectivity index (χ1) is 10.3. The van der Waals surface area contributed by atoms with Crippen LogP contribution in [-0.4, -0.2) is 55.9 Å². The minimum atomic E-state index is -3.47. The topological polar surface area (TPSA) is 80.8 Å². The Kier molecular flexibility index (Phi) is 5.14. The summed E-state index contributed by atoms with van der Waals surface area (Å²) in [6.07, 6.45) is 4.85. The van der Waals surface area contributed by atoms with Gasteiger partial charge >= 0.3 is 5.97 Å². The van der Waals surface area contributed by atoms with Gasteiger partial charge in [-0.2, -0.15) is 0 Å². The van der Waals surface area contributed by atoms with Gasteiger partial charge in [0.2, 0.25) is 5.91 Å². The first-order valence-electron chi connectivity index (χ1n) is 7.97. The molecule has 22 heavy (non-hydrogen) atoms. The van der Waals surface area contributed by atoms with E-state index in [0.29, 0.717) is 38.8 Å². The van der Waals surface area contributed by atoms with Crippen LogP contribution in [0.5, 0.6) is 0 Å². The third kappa shape index (κ3) is 3.14. The number of nitrogens with zero attached hydrogens (tertiary/aromatic N) is 1. The highest BCUT2D eigenvalue weighted by molar-refractivity contribution is 7.92. The van der Waals surface area contributed by atoms with Crippen molar-refractivity contribution < 1.29 is 22.7 Å². The highest BCUT2D eigenvalue weighted by Gasteiger charge is 2.52. The highest BCUT2D eigenvalue weighted by atomic mass is 32.2. The molecule has 2 fully saturated rings. The van der Waals surface area contributed by atoms with Crippen molar-refractivity contribution in [3.63, 3.8) is 0 Å². The summed E-state index contributed by atoms with van der Waals surface area (Å²) in [5.74, 6) is -0.947. The lowest BCUT2D eigenvalue weighted by Crippen LogP contribution is -2.55. The Hall–Kier alpha value is -1.11. The molecule has 0 spiro atoms. The minimum Gasteiger partial charge on any atom is -0.466 e. The summed E-state index contributed by atoms with van der Waals surface area (Å²) in [5, 5.41) is 0. The van der Waals surface area contributed by atoms with Crippen LogP contribution in [0.4, 0.5) is 0 Å². The van der Waals surface area contributed by atoms with Crippen molar-refractivity contribution in [1.29, 1.82) is 0 Å². The van der Waals surface area contributed by atoms with Crippen LogP contribution < -0.4 is 0 Å². The maximum absolute atomic E-state index is 12.9. The summed E-state index contributed by atoms with van der Waals surface area (Å²) in [7, 11) is -3.47. The monoisotopic (exact) mass is 331 g/mol. The fourth-order valence-corrected chi connectivity index (χ4v) is 5.07. The molecule has 126 valence electrons. The molecular weight excluding hydrogens is 306 g/mol. The van der Waals surface area contributed by atoms with Crippen molar-refractivity contribution in [2.24, 2.45) is 5.92 Å². The van der Waals surface area contributed by atoms with Gasteiger partial charge in [0.05, 0.1) is 12.5 Å². The van der Waals surface area contributed by atoms with Gasteiger partial charge in [0.15, 0.2) is 14.6 Å². The maximum atomic E-state index is 12.9. The molecule has 0 radical (unpaired) electrons. The molecule has 1 heterocycles. The smallest absolute Gasteiger partial charge is 0.310 e. The van der Waals surface area contributed by atoms with Crippen molar-refractivity contribution in [2.75, 3.05) is 26.0 Å². The Morgan fingerprint density at radius 2 is 1.86 bits per heavy atom. The van der Waals surface area contributed by atoms with E-state index >= 15 is 0 Å². The zero-order valence-electron chi connectivity index (χ0n) is 13.3. The van der Waals surface area contributed by atoms with Crippen LogP contribution >= 0.6 is 0 Å². The first-order valence-corrected chi connectivity index (χ1v) is 9.86. The SMILES string of the molecule is CCOC(=O)[C@@H]1CCCN(C(=O)C2(S(C)(=O)=O)CCCC2)C1. The van der Waals surface area contributed by atoms with Gasteiger partial charge in [-0.15, -0.1) is 0 Å². The van der Waals surface area contributed by atoms with Crippen LogP contribution in [0.2, 0.25) is 0 Å². The Labute approximate surface area is 132 Å². The number of carbonyl (C=O) groups excluding carboxylic acids is 2. The third-order valence-electron chi connectivity index (χ3n) is 4.84. The number of amides is 1. The molecule has 1 saturated heterocycles. The molecule has 1 amide bonds. The summed E-state index contributed by atoms with van der Waals surface area (Å²) in [6.45, 7) is 2.86. The second-order valence-electron chi connectivity index (χ2n) is 6.32. The largest absolute Gasteiger partial charge is 0.466 e. The minimum absolute atomic E-state index is 0.273. The van der Waals surface area contributed by atoms with Gasteiger partial charge in [0.25, 0.3) is 0 Å². The average molecular weight is 331 g/mol. The maximum Gasteiger partial charge on any atom is 0.310 e. The van der Waals surface area contributed by atoms with Gasteiger partial charge in [0.1, 0.15) is 0 Å². The van der Waals surface area contributed by atoms with E-state index in [-0.39, 0.29) is 24.3 Å². The molecule has 1 aliphatic carbocycles. The van der Waals surface area contributed by atoms with Crippen molar-refractivity contribution in [2.45, 2.75) is 50.2 Å². The Morgan fingerprint density at radius 3 is 2.41 bits per heavy atom. The standard InChI is InChI=1S/C15H25NO5S/c1-3-21-13(17)12-7-6-10-16(11-12)14(18)15(22(2,19)20)8-4-5-9-15/h12H,3-11H2,1-2H3/t12-/m1/s1. The number of rotatable bonds is 4. The Bertz CT molecular complexity index is 536. The summed E-state index contributed by atoms with van der Waals surface area (Å²) < 4.78 is 28.2. The van der Waals surface area contributed by atoms with Crippen molar-refractivity contribution in [3.8, 4) is 0 Å². The van der Waals surface area contributed by atoms with Crippen LogP contribution in [0.25, 0.3) is 0 Å². The number of piperidine rings is 1. The van der Waals surface area contributed by atoms with Crippen LogP contribution in [-0.2, 0) is 24.2 Å². The fraction of sp³-hybridized carbons (Fsp3) is 0.867. The zero-order valence-corrected chi connectivity index (χ0v) is 14.2. The molecular formula is C15H25NO5S. The zero-order chi connectivity index (χ0) is 16.4. The summed E-state index contributed by atoms with van der Waals surface area (Å²) in [4.78, 5) is 26.3. The molecule has 1 atom stereocenters. The predicted octanol–water partition coefficient (Wildman–Crippen LogP) is 1.15. The van der Waals surface area contributed by atoms with Gasteiger partial charge in [-0.05, 0) is 32.6 Å². The predicted molar refractivity (Wildman–Crippen MR) is 82.0 cm³/mol. The molecule has 7 heteroatoms. The lowest BCUT2D eigenvalue weighted by molar-refractivity contribution is -0.151. The number of hydrogen-bond acceptors (Lipinski definition) is 5. The van der Waals surface area contributed by atoms with E-state index < -0.39 is 14.6 Å². The molecule has 0 aromatic rings. The van der Waals surface area contributed by atoms with Crippen LogP contribution in [0.3, 0.4) is 0 Å². The molecule has 2 aliphatic rings. The molecule has 6 nitrogen and oxygen atoms in total. The van der Waals surface area contributed by atoms with E-state index in [9.17, 15) is 18.0 Å². The molecule has 0 N–H and O–H groups in total. The van der Waals surface area contributed by atoms with Gasteiger partial charge in [-0.25, -0.2) is 8.42 Å². The Balaban J connectivity index is 2.16. The average Bonchev–Trinajstić information content (AvgIpc) is 2.97. The number of likely N-dealkylation sites (tertiary alicyclic amines) is 1. The van der Waals surface area contributed by atoms with Crippen LogP contribution in [0, 0.1) is 5.92 Å².